The van der Waals surface area contributed by atoms with Crippen molar-refractivity contribution in [2.24, 2.45) is 5.73 Å². The van der Waals surface area contributed by atoms with Crippen LogP contribution in [-0.2, 0) is 6.54 Å². The number of carbonyl (C=O) groups excluding carboxylic acids is 1. The maximum Gasteiger partial charge on any atom is 0.251 e. The zero-order chi connectivity index (χ0) is 12.9. The van der Waals surface area contributed by atoms with E-state index in [1.807, 2.05) is 0 Å². The molecule has 1 heterocycles. The Kier molecular flexibility index (Phi) is 6.88. The third-order valence-corrected chi connectivity index (χ3v) is 3.26. The molecule has 102 valence electrons. The third kappa shape index (κ3) is 4.27. The fourth-order valence-electron chi connectivity index (χ4n) is 1.50. The topological polar surface area (TPSA) is 68.0 Å². The van der Waals surface area contributed by atoms with Crippen molar-refractivity contribution in [1.82, 2.24) is 10.3 Å². The molecule has 0 aromatic carbocycles. The largest absolute Gasteiger partial charge is 0.347 e. The van der Waals surface area contributed by atoms with Gasteiger partial charge in [-0.05, 0) is 31.9 Å². The lowest BCUT2D eigenvalue weighted by molar-refractivity contribution is 0.0901. The lowest BCUT2D eigenvalue weighted by Crippen LogP contribution is -2.45. The Morgan fingerprint density at radius 1 is 1.44 bits per heavy atom. The van der Waals surface area contributed by atoms with E-state index in [0.717, 1.165) is 18.5 Å². The van der Waals surface area contributed by atoms with Crippen LogP contribution in [-0.4, -0.2) is 16.4 Å². The zero-order valence-corrected chi connectivity index (χ0v) is 12.0. The van der Waals surface area contributed by atoms with Gasteiger partial charge < -0.3 is 11.1 Å². The van der Waals surface area contributed by atoms with Gasteiger partial charge in [-0.1, -0.05) is 13.8 Å². The standard InChI is InChI=1S/C13H21N3O.ClH/c1-4-13(3,5-2)16-12(17)10-6-7-15-11(8-10)9-14;/h6-8H,4-5,9,14H2,1-3H3,(H,16,17);1H. The van der Waals surface area contributed by atoms with Crippen LogP contribution in [0.1, 0.15) is 49.7 Å². The van der Waals surface area contributed by atoms with Gasteiger partial charge in [-0.2, -0.15) is 0 Å². The first-order chi connectivity index (χ1) is 8.04. The van der Waals surface area contributed by atoms with Crippen LogP contribution in [0.4, 0.5) is 0 Å². The summed E-state index contributed by atoms with van der Waals surface area (Å²) in [6, 6.07) is 3.45. The SMILES string of the molecule is CCC(C)(CC)NC(=O)c1ccnc(CN)c1.Cl. The van der Waals surface area contributed by atoms with E-state index < -0.39 is 0 Å². The second-order valence-electron chi connectivity index (χ2n) is 4.46. The molecule has 0 unspecified atom stereocenters. The van der Waals surface area contributed by atoms with Crippen LogP contribution in [0.15, 0.2) is 18.3 Å². The summed E-state index contributed by atoms with van der Waals surface area (Å²) in [5, 5.41) is 3.05. The van der Waals surface area contributed by atoms with Crippen molar-refractivity contribution in [3.63, 3.8) is 0 Å². The number of nitrogens with one attached hydrogen (secondary N) is 1. The molecule has 5 heteroatoms. The predicted molar refractivity (Wildman–Crippen MR) is 75.8 cm³/mol. The fraction of sp³-hybridized carbons (Fsp3) is 0.538. The number of hydrogen-bond donors (Lipinski definition) is 2. The number of rotatable bonds is 5. The minimum atomic E-state index is -0.150. The molecule has 18 heavy (non-hydrogen) atoms. The van der Waals surface area contributed by atoms with E-state index in [0.29, 0.717) is 12.1 Å². The van der Waals surface area contributed by atoms with Crippen LogP contribution in [0.5, 0.6) is 0 Å². The number of hydrogen-bond acceptors (Lipinski definition) is 3. The van der Waals surface area contributed by atoms with Crippen LogP contribution in [0.2, 0.25) is 0 Å². The highest BCUT2D eigenvalue weighted by atomic mass is 35.5. The van der Waals surface area contributed by atoms with E-state index in [4.69, 9.17) is 5.73 Å². The fourth-order valence-corrected chi connectivity index (χ4v) is 1.50. The van der Waals surface area contributed by atoms with Gasteiger partial charge in [0.05, 0.1) is 5.69 Å². The summed E-state index contributed by atoms with van der Waals surface area (Å²) >= 11 is 0. The lowest BCUT2D eigenvalue weighted by atomic mass is 9.95. The summed E-state index contributed by atoms with van der Waals surface area (Å²) in [6.07, 6.45) is 3.43. The van der Waals surface area contributed by atoms with Gasteiger partial charge in [0.2, 0.25) is 0 Å². The maximum absolute atomic E-state index is 12.1. The molecule has 0 bridgehead atoms. The Hall–Kier alpha value is -1.13. The molecule has 1 aromatic rings. The molecule has 1 aromatic heterocycles. The van der Waals surface area contributed by atoms with Crippen molar-refractivity contribution in [3.8, 4) is 0 Å². The summed E-state index contributed by atoms with van der Waals surface area (Å²) in [4.78, 5) is 16.1. The Morgan fingerprint density at radius 3 is 2.56 bits per heavy atom. The van der Waals surface area contributed by atoms with E-state index in [1.54, 1.807) is 18.3 Å². The molecule has 0 fully saturated rings. The van der Waals surface area contributed by atoms with Crippen LogP contribution in [0.25, 0.3) is 0 Å². The number of nitrogens with two attached hydrogens (primary N) is 1. The van der Waals surface area contributed by atoms with Crippen molar-refractivity contribution in [3.05, 3.63) is 29.6 Å². The third-order valence-electron chi connectivity index (χ3n) is 3.26. The molecule has 3 N–H and O–H groups in total. The monoisotopic (exact) mass is 271 g/mol. The van der Waals surface area contributed by atoms with Crippen LogP contribution in [0, 0.1) is 0 Å². The Labute approximate surface area is 115 Å². The van der Waals surface area contributed by atoms with Gasteiger partial charge in [-0.15, -0.1) is 12.4 Å². The Morgan fingerprint density at radius 2 is 2.06 bits per heavy atom. The highest BCUT2D eigenvalue weighted by molar-refractivity contribution is 5.94. The van der Waals surface area contributed by atoms with Gasteiger partial charge in [-0.3, -0.25) is 9.78 Å². The molecule has 0 atom stereocenters. The second-order valence-corrected chi connectivity index (χ2v) is 4.46. The number of aromatic nitrogens is 1. The van der Waals surface area contributed by atoms with E-state index >= 15 is 0 Å². The van der Waals surface area contributed by atoms with Gasteiger partial charge in [-0.25, -0.2) is 0 Å². The van der Waals surface area contributed by atoms with Crippen LogP contribution < -0.4 is 11.1 Å². The molecule has 1 amide bonds. The molecule has 0 aliphatic heterocycles. The number of halogens is 1. The van der Waals surface area contributed by atoms with E-state index in [1.165, 1.54) is 0 Å². The number of amides is 1. The quantitative estimate of drug-likeness (QED) is 0.863. The van der Waals surface area contributed by atoms with Crippen molar-refractivity contribution < 1.29 is 4.79 Å². The average molecular weight is 272 g/mol. The molecular formula is C13H22ClN3O. The summed E-state index contributed by atoms with van der Waals surface area (Å²) in [6.45, 7) is 6.54. The normalized spacial score (nSPS) is 10.7. The highest BCUT2D eigenvalue weighted by Crippen LogP contribution is 2.14. The van der Waals surface area contributed by atoms with Gasteiger partial charge in [0, 0.05) is 23.8 Å². The molecule has 0 aliphatic carbocycles. The van der Waals surface area contributed by atoms with Crippen molar-refractivity contribution >= 4 is 18.3 Å². The van der Waals surface area contributed by atoms with Crippen molar-refractivity contribution in [2.75, 3.05) is 0 Å². The Bertz CT molecular complexity index is 392. The zero-order valence-electron chi connectivity index (χ0n) is 11.2. The number of nitrogens with zero attached hydrogens (tertiary/aromatic N) is 1. The minimum Gasteiger partial charge on any atom is -0.347 e. The summed E-state index contributed by atoms with van der Waals surface area (Å²) in [7, 11) is 0. The van der Waals surface area contributed by atoms with Gasteiger partial charge >= 0.3 is 0 Å². The molecule has 0 aliphatic rings. The molecule has 0 radical (unpaired) electrons. The molecular weight excluding hydrogens is 250 g/mol. The molecule has 0 saturated carbocycles. The summed E-state index contributed by atoms with van der Waals surface area (Å²) in [5.74, 6) is -0.0618. The van der Waals surface area contributed by atoms with E-state index in [2.05, 4.69) is 31.1 Å². The molecule has 0 saturated heterocycles. The van der Waals surface area contributed by atoms with Crippen LogP contribution in [0.3, 0.4) is 0 Å². The van der Waals surface area contributed by atoms with E-state index in [-0.39, 0.29) is 23.9 Å². The van der Waals surface area contributed by atoms with Crippen molar-refractivity contribution in [2.45, 2.75) is 45.7 Å². The van der Waals surface area contributed by atoms with Crippen LogP contribution >= 0.6 is 12.4 Å². The van der Waals surface area contributed by atoms with Gasteiger partial charge in [0.15, 0.2) is 0 Å². The number of carbonyl (C=O) groups is 1. The smallest absolute Gasteiger partial charge is 0.251 e. The average Bonchev–Trinajstić information content (AvgIpc) is 2.38. The predicted octanol–water partition coefficient (Wildman–Crippen LogP) is 2.27. The Balaban J connectivity index is 0.00000289. The van der Waals surface area contributed by atoms with E-state index in [9.17, 15) is 4.79 Å². The minimum absolute atomic E-state index is 0. The summed E-state index contributed by atoms with van der Waals surface area (Å²) < 4.78 is 0. The molecule has 0 spiro atoms. The first-order valence-corrected chi connectivity index (χ1v) is 6.02. The highest BCUT2D eigenvalue weighted by Gasteiger charge is 2.22. The van der Waals surface area contributed by atoms with Crippen molar-refractivity contribution in [1.29, 1.82) is 0 Å². The maximum atomic E-state index is 12.1. The number of pyridine rings is 1. The first kappa shape index (κ1) is 16.9. The van der Waals surface area contributed by atoms with Gasteiger partial charge in [0.1, 0.15) is 0 Å². The molecule has 4 nitrogen and oxygen atoms in total. The van der Waals surface area contributed by atoms with Gasteiger partial charge in [0.25, 0.3) is 5.91 Å². The lowest BCUT2D eigenvalue weighted by Gasteiger charge is -2.28. The molecule has 1 rings (SSSR count). The first-order valence-electron chi connectivity index (χ1n) is 6.02. The summed E-state index contributed by atoms with van der Waals surface area (Å²) in [5.41, 5.74) is 6.70. The second kappa shape index (κ2) is 7.34.